The van der Waals surface area contributed by atoms with E-state index in [1.165, 1.54) is 19.3 Å². The number of likely N-dealkylation sites (tertiary alicyclic amines) is 1. The number of aromatic nitrogens is 2. The van der Waals surface area contributed by atoms with Gasteiger partial charge in [0.05, 0.1) is 12.2 Å². The van der Waals surface area contributed by atoms with Gasteiger partial charge in [0.2, 0.25) is 5.91 Å². The summed E-state index contributed by atoms with van der Waals surface area (Å²) in [6, 6.07) is 2.35. The van der Waals surface area contributed by atoms with E-state index in [0.29, 0.717) is 12.0 Å². The standard InChI is InChI=1S/C18H30N4O/c1-3-21-12-9-15(10-13-21)22-17(8-11-19-22)20-18(23)16-7-5-4-6-14(16)2/h8,11,14-16H,3-7,9-10,12-13H2,1-2H3,(H,20,23). The lowest BCUT2D eigenvalue weighted by Gasteiger charge is -2.32. The number of rotatable bonds is 4. The summed E-state index contributed by atoms with van der Waals surface area (Å²) in [5.74, 6) is 1.72. The van der Waals surface area contributed by atoms with Gasteiger partial charge >= 0.3 is 0 Å². The van der Waals surface area contributed by atoms with Gasteiger partial charge in [-0.25, -0.2) is 4.68 Å². The van der Waals surface area contributed by atoms with E-state index in [0.717, 1.165) is 44.7 Å². The Morgan fingerprint density at radius 3 is 2.70 bits per heavy atom. The highest BCUT2D eigenvalue weighted by Gasteiger charge is 2.29. The fourth-order valence-corrected chi connectivity index (χ4v) is 4.11. The number of nitrogens with one attached hydrogen (secondary N) is 1. The van der Waals surface area contributed by atoms with Gasteiger partial charge in [-0.05, 0) is 38.1 Å². The van der Waals surface area contributed by atoms with E-state index in [1.807, 2.05) is 16.9 Å². The molecule has 5 nitrogen and oxygen atoms in total. The molecule has 1 aliphatic carbocycles. The number of hydrogen-bond donors (Lipinski definition) is 1. The van der Waals surface area contributed by atoms with Crippen LogP contribution in [0, 0.1) is 11.8 Å². The molecular weight excluding hydrogens is 288 g/mol. The SMILES string of the molecule is CCN1CCC(n2nccc2NC(=O)C2CCCCC2C)CC1. The van der Waals surface area contributed by atoms with Crippen molar-refractivity contribution in [1.82, 2.24) is 14.7 Å². The highest BCUT2D eigenvalue weighted by Crippen LogP contribution is 2.31. The van der Waals surface area contributed by atoms with E-state index in [9.17, 15) is 4.79 Å². The molecule has 128 valence electrons. The van der Waals surface area contributed by atoms with Gasteiger partial charge in [-0.15, -0.1) is 0 Å². The van der Waals surface area contributed by atoms with E-state index >= 15 is 0 Å². The summed E-state index contributed by atoms with van der Waals surface area (Å²) in [6.45, 7) is 7.78. The molecule has 2 atom stereocenters. The maximum absolute atomic E-state index is 12.6. The molecule has 2 aliphatic rings. The number of carbonyl (C=O) groups excluding carboxylic acids is 1. The molecule has 0 bridgehead atoms. The van der Waals surface area contributed by atoms with E-state index in [4.69, 9.17) is 0 Å². The number of nitrogens with zero attached hydrogens (tertiary/aromatic N) is 3. The molecular formula is C18H30N4O. The zero-order valence-electron chi connectivity index (χ0n) is 14.5. The summed E-state index contributed by atoms with van der Waals surface area (Å²) in [5.41, 5.74) is 0. The average molecular weight is 318 g/mol. The van der Waals surface area contributed by atoms with Crippen LogP contribution >= 0.6 is 0 Å². The summed E-state index contributed by atoms with van der Waals surface area (Å²) in [4.78, 5) is 15.1. The van der Waals surface area contributed by atoms with Crippen LogP contribution in [-0.4, -0.2) is 40.2 Å². The second-order valence-corrected chi connectivity index (χ2v) is 7.18. The van der Waals surface area contributed by atoms with Crippen LogP contribution in [0.15, 0.2) is 12.3 Å². The van der Waals surface area contributed by atoms with Crippen molar-refractivity contribution in [1.29, 1.82) is 0 Å². The number of anilines is 1. The Morgan fingerprint density at radius 1 is 1.26 bits per heavy atom. The predicted octanol–water partition coefficient (Wildman–Crippen LogP) is 3.30. The Morgan fingerprint density at radius 2 is 2.00 bits per heavy atom. The number of amides is 1. The first-order valence-corrected chi connectivity index (χ1v) is 9.25. The Balaban J connectivity index is 1.63. The molecule has 1 saturated heterocycles. The van der Waals surface area contributed by atoms with Gasteiger partial charge in [0.1, 0.15) is 5.82 Å². The Kier molecular flexibility index (Phi) is 5.36. The minimum Gasteiger partial charge on any atom is -0.311 e. The molecule has 0 aromatic carbocycles. The molecule has 3 rings (SSSR count). The van der Waals surface area contributed by atoms with E-state index < -0.39 is 0 Å². The van der Waals surface area contributed by atoms with Gasteiger partial charge in [-0.2, -0.15) is 5.10 Å². The first-order chi connectivity index (χ1) is 11.2. The fourth-order valence-electron chi connectivity index (χ4n) is 4.11. The van der Waals surface area contributed by atoms with Crippen LogP contribution in [0.4, 0.5) is 5.82 Å². The van der Waals surface area contributed by atoms with Crippen molar-refractivity contribution in [2.24, 2.45) is 11.8 Å². The zero-order valence-corrected chi connectivity index (χ0v) is 14.5. The van der Waals surface area contributed by atoms with Crippen molar-refractivity contribution in [2.45, 2.75) is 58.4 Å². The second kappa shape index (κ2) is 7.47. The van der Waals surface area contributed by atoms with Crippen molar-refractivity contribution in [3.8, 4) is 0 Å². The lowest BCUT2D eigenvalue weighted by atomic mass is 9.80. The normalized spacial score (nSPS) is 27.0. The molecule has 1 saturated carbocycles. The van der Waals surface area contributed by atoms with Crippen LogP contribution in [-0.2, 0) is 4.79 Å². The van der Waals surface area contributed by atoms with E-state index in [2.05, 4.69) is 29.2 Å². The quantitative estimate of drug-likeness (QED) is 0.926. The van der Waals surface area contributed by atoms with Gasteiger partial charge in [-0.1, -0.05) is 26.7 Å². The third-order valence-corrected chi connectivity index (χ3v) is 5.72. The number of carbonyl (C=O) groups is 1. The minimum absolute atomic E-state index is 0.161. The molecule has 1 aliphatic heterocycles. The van der Waals surface area contributed by atoms with Crippen LogP contribution in [0.2, 0.25) is 0 Å². The van der Waals surface area contributed by atoms with E-state index in [-0.39, 0.29) is 11.8 Å². The van der Waals surface area contributed by atoms with Crippen molar-refractivity contribution >= 4 is 11.7 Å². The van der Waals surface area contributed by atoms with E-state index in [1.54, 1.807) is 0 Å². The highest BCUT2D eigenvalue weighted by molar-refractivity contribution is 5.92. The van der Waals surface area contributed by atoms with Crippen molar-refractivity contribution in [3.63, 3.8) is 0 Å². The Bertz CT molecular complexity index is 519. The third-order valence-electron chi connectivity index (χ3n) is 5.72. The summed E-state index contributed by atoms with van der Waals surface area (Å²) < 4.78 is 2.04. The molecule has 1 N–H and O–H groups in total. The number of piperidine rings is 1. The highest BCUT2D eigenvalue weighted by atomic mass is 16.2. The lowest BCUT2D eigenvalue weighted by molar-refractivity contribution is -0.122. The van der Waals surface area contributed by atoms with Gasteiger partial charge < -0.3 is 10.2 Å². The molecule has 1 aromatic heterocycles. The summed E-state index contributed by atoms with van der Waals surface area (Å²) in [7, 11) is 0. The van der Waals surface area contributed by atoms with Gasteiger partial charge in [-0.3, -0.25) is 4.79 Å². The maximum atomic E-state index is 12.6. The summed E-state index contributed by atoms with van der Waals surface area (Å²) >= 11 is 0. The fraction of sp³-hybridized carbons (Fsp3) is 0.778. The molecule has 2 unspecified atom stereocenters. The van der Waals surface area contributed by atoms with Crippen molar-refractivity contribution in [2.75, 3.05) is 25.0 Å². The third kappa shape index (κ3) is 3.77. The predicted molar refractivity (Wildman–Crippen MR) is 92.4 cm³/mol. The van der Waals surface area contributed by atoms with Crippen LogP contribution in [0.25, 0.3) is 0 Å². The van der Waals surface area contributed by atoms with Crippen molar-refractivity contribution < 1.29 is 4.79 Å². The first kappa shape index (κ1) is 16.5. The zero-order chi connectivity index (χ0) is 16.2. The average Bonchev–Trinajstić information content (AvgIpc) is 3.03. The van der Waals surface area contributed by atoms with Crippen molar-refractivity contribution in [3.05, 3.63) is 12.3 Å². The largest absolute Gasteiger partial charge is 0.311 e. The van der Waals surface area contributed by atoms with Crippen LogP contribution in [0.1, 0.15) is 58.4 Å². The first-order valence-electron chi connectivity index (χ1n) is 9.25. The van der Waals surface area contributed by atoms with Crippen LogP contribution in [0.3, 0.4) is 0 Å². The Labute approximate surface area is 139 Å². The molecule has 0 radical (unpaired) electrons. The van der Waals surface area contributed by atoms with Gasteiger partial charge in [0.25, 0.3) is 0 Å². The summed E-state index contributed by atoms with van der Waals surface area (Å²) in [5, 5.41) is 7.65. The maximum Gasteiger partial charge on any atom is 0.228 e. The minimum atomic E-state index is 0.161. The van der Waals surface area contributed by atoms with Gasteiger partial charge in [0.15, 0.2) is 0 Å². The molecule has 5 heteroatoms. The molecule has 2 heterocycles. The van der Waals surface area contributed by atoms with Crippen LogP contribution in [0.5, 0.6) is 0 Å². The van der Waals surface area contributed by atoms with Gasteiger partial charge in [0, 0.05) is 25.1 Å². The topological polar surface area (TPSA) is 50.2 Å². The molecule has 2 fully saturated rings. The molecule has 23 heavy (non-hydrogen) atoms. The van der Waals surface area contributed by atoms with Crippen LogP contribution < -0.4 is 5.32 Å². The monoisotopic (exact) mass is 318 g/mol. The molecule has 1 aromatic rings. The summed E-state index contributed by atoms with van der Waals surface area (Å²) in [6.07, 6.45) is 8.67. The number of hydrogen-bond acceptors (Lipinski definition) is 3. The molecule has 1 amide bonds. The molecule has 0 spiro atoms. The smallest absolute Gasteiger partial charge is 0.228 e. The lowest BCUT2D eigenvalue weighted by Crippen LogP contribution is -2.36. The Hall–Kier alpha value is -1.36. The second-order valence-electron chi connectivity index (χ2n) is 7.18.